The van der Waals surface area contributed by atoms with Crippen molar-refractivity contribution in [2.45, 2.75) is 33.0 Å². The first-order valence-corrected chi connectivity index (χ1v) is 9.18. The maximum atomic E-state index is 11.0. The van der Waals surface area contributed by atoms with Crippen LogP contribution < -0.4 is 4.57 Å². The minimum Gasteiger partial charge on any atom is -0.477 e. The van der Waals surface area contributed by atoms with E-state index in [4.69, 9.17) is 5.11 Å². The van der Waals surface area contributed by atoms with Gasteiger partial charge in [0.2, 0.25) is 0 Å². The first kappa shape index (κ1) is 13.7. The lowest BCUT2D eigenvalue weighted by molar-refractivity contribution is 0.0689. The number of carbonyl (C=O) groups is 1. The topological polar surface area (TPSA) is 53.4 Å². The van der Waals surface area contributed by atoms with Crippen LogP contribution in [0.15, 0.2) is 12.3 Å². The summed E-state index contributed by atoms with van der Waals surface area (Å²) in [5, 5.41) is 9.02. The Hall–Kier alpha value is -1.36. The van der Waals surface area contributed by atoms with Crippen LogP contribution in [-0.4, -0.2) is 31.3 Å². The highest BCUT2D eigenvalue weighted by Crippen LogP contribution is 2.21. The second kappa shape index (κ2) is 4.87. The number of hydrogen-bond acceptors (Lipinski definition) is 3. The maximum Gasteiger partial charge on any atom is 0.354 e. The van der Waals surface area contributed by atoms with Crippen LogP contribution in [0.2, 0.25) is 19.6 Å². The number of hydrogen-bond donors (Lipinski definition) is 1. The van der Waals surface area contributed by atoms with Crippen molar-refractivity contribution in [1.82, 2.24) is 4.98 Å². The third-order valence-electron chi connectivity index (χ3n) is 2.93. The average Bonchev–Trinajstić information content (AvgIpc) is 2.25. The smallest absolute Gasteiger partial charge is 0.354 e. The molecule has 0 aliphatic heterocycles. The van der Waals surface area contributed by atoms with Gasteiger partial charge in [-0.15, -0.1) is 0 Å². The van der Waals surface area contributed by atoms with Crippen LogP contribution in [0.1, 0.15) is 23.0 Å². The van der Waals surface area contributed by atoms with Crippen LogP contribution >= 0.6 is 0 Å². The van der Waals surface area contributed by atoms with Gasteiger partial charge in [-0.25, -0.2) is 9.78 Å². The van der Waals surface area contributed by atoms with E-state index < -0.39 is 14.2 Å². The minimum absolute atomic E-state index is 0.167. The molecule has 0 atom stereocenters. The summed E-state index contributed by atoms with van der Waals surface area (Å²) >= 11 is 0. The van der Waals surface area contributed by atoms with Gasteiger partial charge in [0.05, 0.1) is 6.20 Å². The third kappa shape index (κ3) is 3.06. The van der Waals surface area contributed by atoms with Gasteiger partial charge >= 0.3 is 5.97 Å². The number of aromatic carboxylic acids is 1. The molecule has 0 bridgehead atoms. The zero-order valence-corrected chi connectivity index (χ0v) is 12.1. The molecular formula is C12H20N2O2Si. The van der Waals surface area contributed by atoms with Crippen molar-refractivity contribution < 1.29 is 9.90 Å². The molecule has 0 aliphatic carbocycles. The molecule has 1 rings (SSSR count). The molecule has 0 radical (unpaired) electrons. The normalized spacial score (nSPS) is 11.4. The molecule has 17 heavy (non-hydrogen) atoms. The molecule has 1 aromatic heterocycles. The highest BCUT2D eigenvalue weighted by atomic mass is 28.3. The Morgan fingerprint density at radius 1 is 1.47 bits per heavy atom. The Labute approximate surface area is 103 Å². The molecule has 0 spiro atoms. The highest BCUT2D eigenvalue weighted by Gasteiger charge is 2.22. The zero-order valence-electron chi connectivity index (χ0n) is 11.1. The predicted octanol–water partition coefficient (Wildman–Crippen LogP) is 2.61. The number of aryl methyl sites for hydroxylation is 1. The van der Waals surface area contributed by atoms with Crippen LogP contribution in [0.25, 0.3) is 0 Å². The summed E-state index contributed by atoms with van der Waals surface area (Å²) in [5.41, 5.74) is 1.96. The highest BCUT2D eigenvalue weighted by molar-refractivity contribution is 6.79. The van der Waals surface area contributed by atoms with Gasteiger partial charge in [0.15, 0.2) is 5.69 Å². The maximum absolute atomic E-state index is 11.0. The van der Waals surface area contributed by atoms with Crippen LogP contribution in [0.4, 0.5) is 5.69 Å². The molecule has 5 heteroatoms. The van der Waals surface area contributed by atoms with Crippen molar-refractivity contribution in [3.63, 3.8) is 0 Å². The Morgan fingerprint density at radius 2 is 2.06 bits per heavy atom. The molecule has 0 aliphatic rings. The van der Waals surface area contributed by atoms with E-state index in [-0.39, 0.29) is 5.69 Å². The van der Waals surface area contributed by atoms with Crippen LogP contribution in [-0.2, 0) is 6.42 Å². The average molecular weight is 252 g/mol. The SMILES string of the molecule is CCc1cc(N(C)[Si](C)(C)C)cnc1C(=O)O. The van der Waals surface area contributed by atoms with Crippen LogP contribution in [0.5, 0.6) is 0 Å². The fraction of sp³-hybridized carbons (Fsp3) is 0.500. The molecule has 0 unspecified atom stereocenters. The molecule has 1 N–H and O–H groups in total. The lowest BCUT2D eigenvalue weighted by Crippen LogP contribution is -2.43. The first-order chi connectivity index (χ1) is 7.77. The summed E-state index contributed by atoms with van der Waals surface area (Å²) in [6, 6.07) is 1.94. The van der Waals surface area contributed by atoms with Gasteiger partial charge in [-0.1, -0.05) is 26.6 Å². The molecule has 94 valence electrons. The molecule has 0 aromatic carbocycles. The molecule has 0 fully saturated rings. The third-order valence-corrected chi connectivity index (χ3v) is 5.20. The van der Waals surface area contributed by atoms with E-state index in [1.165, 1.54) is 0 Å². The number of pyridine rings is 1. The van der Waals surface area contributed by atoms with E-state index in [1.807, 2.05) is 20.0 Å². The number of carboxylic acid groups (broad SMARTS) is 1. The molecule has 0 saturated carbocycles. The summed E-state index contributed by atoms with van der Waals surface area (Å²) in [6.07, 6.45) is 2.34. The number of nitrogens with zero attached hydrogens (tertiary/aromatic N) is 2. The van der Waals surface area contributed by atoms with Gasteiger partial charge in [-0.3, -0.25) is 0 Å². The van der Waals surface area contributed by atoms with Gasteiger partial charge in [0.25, 0.3) is 0 Å². The van der Waals surface area contributed by atoms with Gasteiger partial charge < -0.3 is 9.67 Å². The van der Waals surface area contributed by atoms with Crippen molar-refractivity contribution in [2.75, 3.05) is 11.6 Å². The van der Waals surface area contributed by atoms with E-state index >= 15 is 0 Å². The lowest BCUT2D eigenvalue weighted by atomic mass is 10.1. The summed E-state index contributed by atoms with van der Waals surface area (Å²) in [5.74, 6) is -0.955. The second-order valence-corrected chi connectivity index (χ2v) is 10.1. The summed E-state index contributed by atoms with van der Waals surface area (Å²) < 4.78 is 2.23. The van der Waals surface area contributed by atoms with Gasteiger partial charge in [0.1, 0.15) is 8.24 Å². The summed E-state index contributed by atoms with van der Waals surface area (Å²) in [7, 11) is 0.609. The molecular weight excluding hydrogens is 232 g/mol. The molecule has 4 nitrogen and oxygen atoms in total. The molecule has 1 heterocycles. The van der Waals surface area contributed by atoms with E-state index in [1.54, 1.807) is 6.20 Å². The van der Waals surface area contributed by atoms with E-state index in [0.717, 1.165) is 11.3 Å². The summed E-state index contributed by atoms with van der Waals surface area (Å²) in [6.45, 7) is 8.67. The second-order valence-electron chi connectivity index (χ2n) is 5.09. The predicted molar refractivity (Wildman–Crippen MR) is 72.3 cm³/mol. The largest absolute Gasteiger partial charge is 0.477 e. The standard InChI is InChI=1S/C12H20N2O2Si/c1-6-9-7-10(14(2)17(3,4)5)8-13-11(9)12(15)16/h7-8H,6H2,1-5H3,(H,15,16). The number of anilines is 1. The number of carboxylic acids is 1. The molecule has 0 saturated heterocycles. The van der Waals surface area contributed by atoms with Crippen molar-refractivity contribution in [2.24, 2.45) is 0 Å². The fourth-order valence-electron chi connectivity index (χ4n) is 1.53. The number of rotatable bonds is 4. The van der Waals surface area contributed by atoms with E-state index in [2.05, 4.69) is 29.2 Å². The van der Waals surface area contributed by atoms with Crippen molar-refractivity contribution in [3.05, 3.63) is 23.5 Å². The molecule has 0 amide bonds. The van der Waals surface area contributed by atoms with Gasteiger partial charge in [-0.05, 0) is 25.1 Å². The Morgan fingerprint density at radius 3 is 2.47 bits per heavy atom. The van der Waals surface area contributed by atoms with Gasteiger partial charge in [0, 0.05) is 5.69 Å². The molecule has 1 aromatic rings. The summed E-state index contributed by atoms with van der Waals surface area (Å²) in [4.78, 5) is 15.1. The quantitative estimate of drug-likeness (QED) is 0.837. The van der Waals surface area contributed by atoms with Crippen molar-refractivity contribution in [3.8, 4) is 0 Å². The van der Waals surface area contributed by atoms with E-state index in [9.17, 15) is 4.79 Å². The Kier molecular flexibility index (Phi) is 3.93. The zero-order chi connectivity index (χ0) is 13.2. The Bertz CT molecular complexity index is 427. The van der Waals surface area contributed by atoms with E-state index in [0.29, 0.717) is 6.42 Å². The lowest BCUT2D eigenvalue weighted by Gasteiger charge is -2.32. The monoisotopic (exact) mass is 252 g/mol. The van der Waals surface area contributed by atoms with Gasteiger partial charge in [-0.2, -0.15) is 0 Å². The first-order valence-electron chi connectivity index (χ1n) is 5.73. The number of aromatic nitrogens is 1. The van der Waals surface area contributed by atoms with Crippen LogP contribution in [0, 0.1) is 0 Å². The van der Waals surface area contributed by atoms with Crippen molar-refractivity contribution >= 4 is 19.9 Å². The van der Waals surface area contributed by atoms with Crippen LogP contribution in [0.3, 0.4) is 0 Å². The Balaban J connectivity index is 3.18. The van der Waals surface area contributed by atoms with Crippen molar-refractivity contribution in [1.29, 1.82) is 0 Å². The minimum atomic E-state index is -1.44. The fourth-order valence-corrected chi connectivity index (χ4v) is 2.43.